The van der Waals surface area contributed by atoms with Gasteiger partial charge in [0, 0.05) is 24.2 Å². The highest BCUT2D eigenvalue weighted by Gasteiger charge is 2.33. The number of hydrogen-bond donors (Lipinski definition) is 1. The van der Waals surface area contributed by atoms with Gasteiger partial charge in [0.05, 0.1) is 6.04 Å². The molecule has 0 aliphatic heterocycles. The van der Waals surface area contributed by atoms with Gasteiger partial charge in [-0.25, -0.2) is 9.48 Å². The molecular weight excluding hydrogens is 270 g/mol. The lowest BCUT2D eigenvalue weighted by atomic mass is 10.0. The predicted octanol–water partition coefficient (Wildman–Crippen LogP) is 2.27. The van der Waals surface area contributed by atoms with Crippen molar-refractivity contribution in [2.75, 3.05) is 0 Å². The summed E-state index contributed by atoms with van der Waals surface area (Å²) in [6.45, 7) is 7.02. The van der Waals surface area contributed by atoms with E-state index in [4.69, 9.17) is 11.6 Å². The molecule has 0 radical (unpaired) electrons. The maximum atomic E-state index is 11.6. The molecule has 0 aliphatic rings. The van der Waals surface area contributed by atoms with E-state index in [0.29, 0.717) is 5.56 Å². The van der Waals surface area contributed by atoms with Crippen LogP contribution in [-0.2, 0) is 7.05 Å². The Hall–Kier alpha value is -1.56. The van der Waals surface area contributed by atoms with Gasteiger partial charge in [0.15, 0.2) is 5.15 Å². The van der Waals surface area contributed by atoms with Crippen LogP contribution in [0.5, 0.6) is 0 Å². The van der Waals surface area contributed by atoms with Gasteiger partial charge in [0.1, 0.15) is 0 Å². The standard InChI is InChI=1S/C12H18ClN3O3/c1-7(16(11(18)19)12(2,3)4)8-6-9(17)15(5)14-10(8)13/h6-7H,1-5H3,(H,18,19). The first-order valence-corrected chi connectivity index (χ1v) is 6.19. The Balaban J connectivity index is 3.32. The number of aromatic nitrogens is 2. The Bertz CT molecular complexity index is 548. The third-order valence-electron chi connectivity index (χ3n) is 2.84. The number of halogens is 1. The van der Waals surface area contributed by atoms with Gasteiger partial charge in [-0.3, -0.25) is 9.69 Å². The molecule has 0 fully saturated rings. The minimum absolute atomic E-state index is 0.130. The molecule has 0 bridgehead atoms. The molecule has 0 saturated carbocycles. The summed E-state index contributed by atoms with van der Waals surface area (Å²) >= 11 is 6.00. The van der Waals surface area contributed by atoms with Crippen LogP contribution in [0.1, 0.15) is 39.3 Å². The van der Waals surface area contributed by atoms with Crippen molar-refractivity contribution in [1.29, 1.82) is 0 Å². The second kappa shape index (κ2) is 5.21. The zero-order chi connectivity index (χ0) is 15.0. The fourth-order valence-corrected chi connectivity index (χ4v) is 2.32. The Morgan fingerprint density at radius 1 is 1.53 bits per heavy atom. The normalized spacial score (nSPS) is 13.2. The second-order valence-corrected chi connectivity index (χ2v) is 5.71. The van der Waals surface area contributed by atoms with E-state index >= 15 is 0 Å². The minimum Gasteiger partial charge on any atom is -0.465 e. The van der Waals surface area contributed by atoms with Gasteiger partial charge < -0.3 is 5.11 Å². The van der Waals surface area contributed by atoms with Crippen molar-refractivity contribution < 1.29 is 9.90 Å². The molecule has 1 amide bonds. The molecule has 19 heavy (non-hydrogen) atoms. The number of aryl methyl sites for hydroxylation is 1. The molecule has 1 atom stereocenters. The number of rotatable bonds is 2. The molecule has 1 heterocycles. The average Bonchev–Trinajstić information content (AvgIpc) is 2.20. The molecule has 1 aromatic rings. The molecule has 0 aliphatic carbocycles. The largest absolute Gasteiger partial charge is 0.465 e. The Kier molecular flexibility index (Phi) is 4.25. The van der Waals surface area contributed by atoms with E-state index in [1.807, 2.05) is 0 Å². The fourth-order valence-electron chi connectivity index (χ4n) is 1.99. The van der Waals surface area contributed by atoms with Crippen molar-refractivity contribution in [1.82, 2.24) is 14.7 Å². The van der Waals surface area contributed by atoms with Crippen LogP contribution < -0.4 is 5.56 Å². The number of carbonyl (C=O) groups is 1. The third-order valence-corrected chi connectivity index (χ3v) is 3.13. The van der Waals surface area contributed by atoms with Crippen LogP contribution in [0.4, 0.5) is 4.79 Å². The van der Waals surface area contributed by atoms with Crippen LogP contribution in [0.2, 0.25) is 5.15 Å². The van der Waals surface area contributed by atoms with Crippen molar-refractivity contribution >= 4 is 17.7 Å². The molecule has 0 aromatic carbocycles. The van der Waals surface area contributed by atoms with E-state index in [-0.39, 0.29) is 10.7 Å². The minimum atomic E-state index is -1.07. The lowest BCUT2D eigenvalue weighted by Crippen LogP contribution is -2.46. The summed E-state index contributed by atoms with van der Waals surface area (Å²) in [6, 6.07) is 0.758. The van der Waals surface area contributed by atoms with Gasteiger partial charge >= 0.3 is 6.09 Å². The first-order valence-electron chi connectivity index (χ1n) is 5.81. The highest BCUT2D eigenvalue weighted by molar-refractivity contribution is 6.30. The number of nitrogens with zero attached hydrogens (tertiary/aromatic N) is 3. The van der Waals surface area contributed by atoms with Crippen LogP contribution in [0.15, 0.2) is 10.9 Å². The monoisotopic (exact) mass is 287 g/mol. The van der Waals surface area contributed by atoms with Gasteiger partial charge in [-0.1, -0.05) is 11.6 Å². The first kappa shape index (κ1) is 15.5. The maximum Gasteiger partial charge on any atom is 0.408 e. The van der Waals surface area contributed by atoms with Gasteiger partial charge in [-0.15, -0.1) is 0 Å². The van der Waals surface area contributed by atoms with Crippen LogP contribution in [-0.4, -0.2) is 31.4 Å². The summed E-state index contributed by atoms with van der Waals surface area (Å²) in [5.74, 6) is 0. The van der Waals surface area contributed by atoms with Gasteiger partial charge in [-0.2, -0.15) is 5.10 Å². The Morgan fingerprint density at radius 3 is 2.47 bits per heavy atom. The third kappa shape index (κ3) is 3.26. The van der Waals surface area contributed by atoms with E-state index in [0.717, 1.165) is 4.68 Å². The molecule has 1 aromatic heterocycles. The molecule has 106 valence electrons. The summed E-state index contributed by atoms with van der Waals surface area (Å²) in [5, 5.41) is 13.3. The Labute approximate surface area is 116 Å². The van der Waals surface area contributed by atoms with Crippen LogP contribution in [0.25, 0.3) is 0 Å². The zero-order valence-corrected chi connectivity index (χ0v) is 12.4. The highest BCUT2D eigenvalue weighted by atomic mass is 35.5. The Morgan fingerprint density at radius 2 is 2.05 bits per heavy atom. The molecular formula is C12H18ClN3O3. The maximum absolute atomic E-state index is 11.6. The van der Waals surface area contributed by atoms with Crippen molar-refractivity contribution in [2.24, 2.45) is 7.05 Å². The lowest BCUT2D eigenvalue weighted by Gasteiger charge is -2.38. The quantitative estimate of drug-likeness (QED) is 0.905. The van der Waals surface area contributed by atoms with Crippen molar-refractivity contribution in [3.63, 3.8) is 0 Å². The topological polar surface area (TPSA) is 75.4 Å². The summed E-state index contributed by atoms with van der Waals surface area (Å²) in [6.07, 6.45) is -1.07. The van der Waals surface area contributed by atoms with Crippen LogP contribution >= 0.6 is 11.6 Å². The van der Waals surface area contributed by atoms with Gasteiger partial charge in [0.25, 0.3) is 5.56 Å². The molecule has 0 spiro atoms. The molecule has 1 unspecified atom stereocenters. The highest BCUT2D eigenvalue weighted by Crippen LogP contribution is 2.30. The molecule has 1 rings (SSSR count). The first-order chi connectivity index (χ1) is 8.55. The van der Waals surface area contributed by atoms with E-state index in [1.54, 1.807) is 27.7 Å². The van der Waals surface area contributed by atoms with Gasteiger partial charge in [0.2, 0.25) is 0 Å². The van der Waals surface area contributed by atoms with Crippen molar-refractivity contribution in [2.45, 2.75) is 39.3 Å². The summed E-state index contributed by atoms with van der Waals surface area (Å²) in [7, 11) is 1.49. The van der Waals surface area contributed by atoms with Crippen LogP contribution in [0, 0.1) is 0 Å². The van der Waals surface area contributed by atoms with E-state index in [1.165, 1.54) is 18.0 Å². The van der Waals surface area contributed by atoms with Crippen LogP contribution in [0.3, 0.4) is 0 Å². The molecule has 1 N–H and O–H groups in total. The molecule has 0 saturated heterocycles. The van der Waals surface area contributed by atoms with E-state index < -0.39 is 17.7 Å². The zero-order valence-electron chi connectivity index (χ0n) is 11.6. The summed E-state index contributed by atoms with van der Waals surface area (Å²) < 4.78 is 1.11. The molecule has 7 heteroatoms. The SMILES string of the molecule is CC(c1cc(=O)n(C)nc1Cl)N(C(=O)O)C(C)(C)C. The fraction of sp³-hybridized carbons (Fsp3) is 0.583. The lowest BCUT2D eigenvalue weighted by molar-refractivity contribution is 0.0751. The smallest absolute Gasteiger partial charge is 0.408 e. The van der Waals surface area contributed by atoms with Gasteiger partial charge in [-0.05, 0) is 27.7 Å². The number of hydrogen-bond acceptors (Lipinski definition) is 3. The van der Waals surface area contributed by atoms with Crippen molar-refractivity contribution in [3.8, 4) is 0 Å². The number of amides is 1. The van der Waals surface area contributed by atoms with E-state index in [2.05, 4.69) is 5.10 Å². The second-order valence-electron chi connectivity index (χ2n) is 5.35. The average molecular weight is 288 g/mol. The number of carboxylic acid groups (broad SMARTS) is 1. The van der Waals surface area contributed by atoms with E-state index in [9.17, 15) is 14.7 Å². The molecule has 6 nitrogen and oxygen atoms in total. The predicted molar refractivity (Wildman–Crippen MR) is 72.5 cm³/mol. The van der Waals surface area contributed by atoms with Crippen molar-refractivity contribution in [3.05, 3.63) is 27.1 Å². The summed E-state index contributed by atoms with van der Waals surface area (Å²) in [4.78, 5) is 24.3. The summed E-state index contributed by atoms with van der Waals surface area (Å²) in [5.41, 5.74) is -0.539.